The van der Waals surface area contributed by atoms with Gasteiger partial charge in [-0.25, -0.2) is 4.79 Å². The molecule has 1 amide bonds. The van der Waals surface area contributed by atoms with Crippen molar-refractivity contribution in [3.05, 3.63) is 63.7 Å². The maximum atomic E-state index is 13.3. The first-order valence-corrected chi connectivity index (χ1v) is 11.5. The number of benzene rings is 2. The van der Waals surface area contributed by atoms with Crippen molar-refractivity contribution in [2.45, 2.75) is 70.5 Å². The molecule has 0 saturated carbocycles. The van der Waals surface area contributed by atoms with Crippen LogP contribution < -0.4 is 10.2 Å². The predicted molar refractivity (Wildman–Crippen MR) is 118 cm³/mol. The summed E-state index contributed by atoms with van der Waals surface area (Å²) in [6, 6.07) is 4.92. The predicted octanol–water partition coefficient (Wildman–Crippen LogP) is 6.80. The Balaban J connectivity index is 1.67. The SMILES string of the molecule is CCOC(=O)N1c2cc3c(cc2[C@@H](NCc2cc(C(F)(F)F)cc(C(F)(F)F)c2)C[C@H]1C)CCC3. The highest BCUT2D eigenvalue weighted by Gasteiger charge is 2.38. The second kappa shape index (κ2) is 9.37. The van der Waals surface area contributed by atoms with Gasteiger partial charge in [0.15, 0.2) is 0 Å². The lowest BCUT2D eigenvalue weighted by Crippen LogP contribution is -2.45. The van der Waals surface area contributed by atoms with Crippen molar-refractivity contribution in [2.75, 3.05) is 11.5 Å². The minimum Gasteiger partial charge on any atom is -0.449 e. The molecule has 1 aliphatic heterocycles. The minimum atomic E-state index is -4.90. The van der Waals surface area contributed by atoms with E-state index in [2.05, 4.69) is 5.32 Å². The number of nitrogens with zero attached hydrogens (tertiary/aromatic N) is 1. The molecule has 4 rings (SSSR count). The van der Waals surface area contributed by atoms with Crippen molar-refractivity contribution < 1.29 is 35.9 Å². The summed E-state index contributed by atoms with van der Waals surface area (Å²) in [5.74, 6) is 0. The Kier molecular flexibility index (Phi) is 6.78. The van der Waals surface area contributed by atoms with Gasteiger partial charge in [-0.2, -0.15) is 26.3 Å². The number of nitrogens with one attached hydrogen (secondary N) is 1. The molecular weight excluding hydrogens is 474 g/mol. The summed E-state index contributed by atoms with van der Waals surface area (Å²) in [5.41, 5.74) is 0.946. The molecule has 2 aromatic rings. The van der Waals surface area contributed by atoms with Gasteiger partial charge in [-0.1, -0.05) is 6.07 Å². The van der Waals surface area contributed by atoms with Crippen LogP contribution in [0.2, 0.25) is 0 Å². The number of alkyl halides is 6. The van der Waals surface area contributed by atoms with Gasteiger partial charge in [0.1, 0.15) is 0 Å². The van der Waals surface area contributed by atoms with E-state index in [-0.39, 0.29) is 36.9 Å². The molecule has 0 fully saturated rings. The van der Waals surface area contributed by atoms with Crippen molar-refractivity contribution in [3.63, 3.8) is 0 Å². The molecule has 2 aromatic carbocycles. The highest BCUT2D eigenvalue weighted by Crippen LogP contribution is 2.42. The standard InChI is InChI=1S/C25H26F6N2O2/c1-3-35-23(34)33-14(2)7-21(20-10-16-5-4-6-17(16)11-22(20)33)32-13-15-8-18(24(26,27)28)12-19(9-15)25(29,30)31/h8-12,14,21,32H,3-7,13H2,1-2H3/t14-,21+/m1/s1. The second-order valence-corrected chi connectivity index (χ2v) is 9.03. The van der Waals surface area contributed by atoms with Crippen LogP contribution in [0.4, 0.5) is 36.8 Å². The van der Waals surface area contributed by atoms with Crippen LogP contribution in [0.25, 0.3) is 0 Å². The maximum Gasteiger partial charge on any atom is 0.416 e. The monoisotopic (exact) mass is 500 g/mol. The van der Waals surface area contributed by atoms with Gasteiger partial charge < -0.3 is 10.1 Å². The number of ether oxygens (including phenoxy) is 1. The smallest absolute Gasteiger partial charge is 0.416 e. The third-order valence-electron chi connectivity index (χ3n) is 6.56. The zero-order chi connectivity index (χ0) is 25.5. The molecule has 0 radical (unpaired) electrons. The van der Waals surface area contributed by atoms with Crippen molar-refractivity contribution in [1.82, 2.24) is 5.32 Å². The summed E-state index contributed by atoms with van der Waals surface area (Å²) in [4.78, 5) is 14.3. The fraction of sp³-hybridized carbons (Fsp3) is 0.480. The number of hydrogen-bond acceptors (Lipinski definition) is 3. The van der Waals surface area contributed by atoms with E-state index in [1.54, 1.807) is 11.8 Å². The average molecular weight is 500 g/mol. The number of carbonyl (C=O) groups is 1. The summed E-state index contributed by atoms with van der Waals surface area (Å²) in [7, 11) is 0. The number of carbonyl (C=O) groups excluding carboxylic acids is 1. The topological polar surface area (TPSA) is 41.6 Å². The molecule has 2 atom stereocenters. The Bertz CT molecular complexity index is 1080. The van der Waals surface area contributed by atoms with Gasteiger partial charge in [0.2, 0.25) is 0 Å². The van der Waals surface area contributed by atoms with Crippen LogP contribution in [0, 0.1) is 0 Å². The number of halogens is 6. The zero-order valence-electron chi connectivity index (χ0n) is 19.3. The van der Waals surface area contributed by atoms with E-state index in [0.717, 1.165) is 48.1 Å². The lowest BCUT2D eigenvalue weighted by molar-refractivity contribution is -0.143. The highest BCUT2D eigenvalue weighted by molar-refractivity contribution is 5.90. The fourth-order valence-electron chi connectivity index (χ4n) is 4.96. The number of anilines is 1. The summed E-state index contributed by atoms with van der Waals surface area (Å²) in [6.45, 7) is 3.57. The fourth-order valence-corrected chi connectivity index (χ4v) is 4.96. The molecule has 10 heteroatoms. The Morgan fingerprint density at radius 3 is 2.17 bits per heavy atom. The van der Waals surface area contributed by atoms with E-state index in [1.807, 2.05) is 19.1 Å². The molecule has 190 valence electrons. The van der Waals surface area contributed by atoms with E-state index in [4.69, 9.17) is 4.74 Å². The molecule has 1 aliphatic carbocycles. The molecule has 0 spiro atoms. The summed E-state index contributed by atoms with van der Waals surface area (Å²) in [5, 5.41) is 3.15. The minimum absolute atomic E-state index is 0.115. The Hall–Kier alpha value is -2.75. The molecule has 4 nitrogen and oxygen atoms in total. The molecule has 0 aromatic heterocycles. The van der Waals surface area contributed by atoms with Crippen molar-refractivity contribution in [3.8, 4) is 0 Å². The summed E-state index contributed by atoms with van der Waals surface area (Å²) < 4.78 is 84.7. The van der Waals surface area contributed by atoms with Crippen LogP contribution in [0.3, 0.4) is 0 Å². The van der Waals surface area contributed by atoms with E-state index < -0.39 is 29.6 Å². The maximum absolute atomic E-state index is 13.3. The molecule has 0 saturated heterocycles. The molecule has 1 N–H and O–H groups in total. The van der Waals surface area contributed by atoms with Crippen molar-refractivity contribution in [1.29, 1.82) is 0 Å². The van der Waals surface area contributed by atoms with Gasteiger partial charge in [-0.15, -0.1) is 0 Å². The van der Waals surface area contributed by atoms with Crippen LogP contribution >= 0.6 is 0 Å². The van der Waals surface area contributed by atoms with Gasteiger partial charge in [-0.3, -0.25) is 4.90 Å². The first kappa shape index (κ1) is 25.3. The Morgan fingerprint density at radius 1 is 1.00 bits per heavy atom. The first-order chi connectivity index (χ1) is 16.4. The van der Waals surface area contributed by atoms with Gasteiger partial charge >= 0.3 is 18.4 Å². The lowest BCUT2D eigenvalue weighted by atomic mass is 9.89. The van der Waals surface area contributed by atoms with Crippen molar-refractivity contribution >= 4 is 11.8 Å². The quantitative estimate of drug-likeness (QED) is 0.470. The van der Waals surface area contributed by atoms with E-state index in [1.165, 1.54) is 0 Å². The molecular formula is C25H26F6N2O2. The van der Waals surface area contributed by atoms with Crippen molar-refractivity contribution in [2.24, 2.45) is 0 Å². The number of fused-ring (bicyclic) bond motifs is 2. The lowest BCUT2D eigenvalue weighted by Gasteiger charge is -2.39. The number of aryl methyl sites for hydroxylation is 2. The molecule has 35 heavy (non-hydrogen) atoms. The number of rotatable bonds is 4. The third-order valence-corrected chi connectivity index (χ3v) is 6.56. The van der Waals surface area contributed by atoms with E-state index >= 15 is 0 Å². The van der Waals surface area contributed by atoms with Crippen LogP contribution in [0.15, 0.2) is 30.3 Å². The van der Waals surface area contributed by atoms with E-state index in [0.29, 0.717) is 12.1 Å². The zero-order valence-corrected chi connectivity index (χ0v) is 19.3. The van der Waals surface area contributed by atoms with Crippen LogP contribution in [-0.4, -0.2) is 18.7 Å². The molecule has 0 bridgehead atoms. The van der Waals surface area contributed by atoms with Crippen LogP contribution in [0.1, 0.15) is 66.1 Å². The van der Waals surface area contributed by atoms with Gasteiger partial charge in [0, 0.05) is 18.6 Å². The summed E-state index contributed by atoms with van der Waals surface area (Å²) in [6.07, 6.45) is -7.11. The van der Waals surface area contributed by atoms with E-state index in [9.17, 15) is 31.1 Å². The molecule has 2 aliphatic rings. The van der Waals surface area contributed by atoms with Gasteiger partial charge in [0.25, 0.3) is 0 Å². The highest BCUT2D eigenvalue weighted by atomic mass is 19.4. The van der Waals surface area contributed by atoms with Gasteiger partial charge in [0.05, 0.1) is 23.4 Å². The second-order valence-electron chi connectivity index (χ2n) is 9.03. The third kappa shape index (κ3) is 5.27. The normalized spacial score (nSPS) is 19.9. The Labute approximate surface area is 199 Å². The first-order valence-electron chi connectivity index (χ1n) is 11.5. The molecule has 1 heterocycles. The largest absolute Gasteiger partial charge is 0.449 e. The number of amides is 1. The Morgan fingerprint density at radius 2 is 1.60 bits per heavy atom. The summed E-state index contributed by atoms with van der Waals surface area (Å²) >= 11 is 0. The van der Waals surface area contributed by atoms with Crippen LogP contribution in [0.5, 0.6) is 0 Å². The number of hydrogen-bond donors (Lipinski definition) is 1. The average Bonchev–Trinajstić information content (AvgIpc) is 3.22. The van der Waals surface area contributed by atoms with Crippen LogP contribution in [-0.2, 0) is 36.5 Å². The van der Waals surface area contributed by atoms with Gasteiger partial charge in [-0.05, 0) is 86.1 Å². The molecule has 0 unspecified atom stereocenters.